The van der Waals surface area contributed by atoms with Gasteiger partial charge in [0.05, 0.1) is 18.2 Å². The van der Waals surface area contributed by atoms with Gasteiger partial charge in [-0.3, -0.25) is 19.7 Å². The number of benzene rings is 4. The summed E-state index contributed by atoms with van der Waals surface area (Å²) in [6, 6.07) is 23.6. The number of hydrogen-bond donors (Lipinski definition) is 2. The molecule has 0 spiro atoms. The Morgan fingerprint density at radius 2 is 1.84 bits per heavy atom. The van der Waals surface area contributed by atoms with Crippen molar-refractivity contribution in [2.24, 2.45) is 5.10 Å². The number of carbonyl (C=O) groups is 2. The van der Waals surface area contributed by atoms with Gasteiger partial charge in [0.15, 0.2) is 5.58 Å². The first-order chi connectivity index (χ1) is 20.8. The Hall–Kier alpha value is -5.49. The second-order valence-corrected chi connectivity index (χ2v) is 10.2. The zero-order valence-corrected chi connectivity index (χ0v) is 23.9. The van der Waals surface area contributed by atoms with Crippen molar-refractivity contribution in [2.75, 3.05) is 12.4 Å². The van der Waals surface area contributed by atoms with Gasteiger partial charge in [0.2, 0.25) is 0 Å². The maximum atomic E-state index is 12.7. The number of methoxy groups -OCH3 is 1. The van der Waals surface area contributed by atoms with Gasteiger partial charge in [-0.05, 0) is 73.2 Å². The summed E-state index contributed by atoms with van der Waals surface area (Å²) in [7, 11) is 1.60. The smallest absolute Gasteiger partial charge is 0.273 e. The third-order valence-electron chi connectivity index (χ3n) is 6.46. The summed E-state index contributed by atoms with van der Waals surface area (Å²) in [6.45, 7) is 1.52. The van der Waals surface area contributed by atoms with E-state index in [0.29, 0.717) is 28.0 Å². The molecule has 0 aliphatic carbocycles. The third kappa shape index (κ3) is 6.88. The van der Waals surface area contributed by atoms with Gasteiger partial charge < -0.3 is 14.5 Å². The molecular formula is C31H25N5O6S. The molecule has 1 heterocycles. The minimum atomic E-state index is -0.531. The highest BCUT2D eigenvalue weighted by Gasteiger charge is 2.18. The molecule has 12 heteroatoms. The number of rotatable bonds is 10. The van der Waals surface area contributed by atoms with Crippen molar-refractivity contribution in [1.82, 2.24) is 10.4 Å². The number of nitro groups is 1. The lowest BCUT2D eigenvalue weighted by atomic mass is 10.1. The number of hydrogen-bond acceptors (Lipinski definition) is 9. The molecule has 0 aliphatic rings. The highest BCUT2D eigenvalue weighted by Crippen LogP contribution is 2.30. The van der Waals surface area contributed by atoms with Crippen LogP contribution in [-0.2, 0) is 5.75 Å². The molecule has 4 aromatic carbocycles. The Balaban J connectivity index is 1.18. The summed E-state index contributed by atoms with van der Waals surface area (Å²) < 4.78 is 11.3. The van der Waals surface area contributed by atoms with Crippen LogP contribution >= 0.6 is 11.8 Å². The summed E-state index contributed by atoms with van der Waals surface area (Å²) in [6.07, 6.45) is 1.53. The van der Waals surface area contributed by atoms with Crippen LogP contribution in [-0.4, -0.2) is 35.0 Å². The number of oxazole rings is 1. The van der Waals surface area contributed by atoms with E-state index in [4.69, 9.17) is 9.15 Å². The van der Waals surface area contributed by atoms with Crippen molar-refractivity contribution in [3.8, 4) is 5.75 Å². The molecule has 11 nitrogen and oxygen atoms in total. The zero-order valence-electron chi connectivity index (χ0n) is 23.1. The van der Waals surface area contributed by atoms with Crippen LogP contribution in [0.2, 0.25) is 0 Å². The van der Waals surface area contributed by atoms with Gasteiger partial charge in [0.1, 0.15) is 11.3 Å². The van der Waals surface area contributed by atoms with Gasteiger partial charge in [0.25, 0.3) is 22.7 Å². The number of nitrogens with one attached hydrogen (secondary N) is 2. The quantitative estimate of drug-likeness (QED) is 0.0820. The number of amides is 2. The number of nitro benzene ring substituents is 1. The van der Waals surface area contributed by atoms with Crippen molar-refractivity contribution in [3.63, 3.8) is 0 Å². The zero-order chi connectivity index (χ0) is 30.3. The number of thioether (sulfide) groups is 1. The van der Waals surface area contributed by atoms with Crippen molar-refractivity contribution < 1.29 is 23.7 Å². The average Bonchev–Trinajstić information content (AvgIpc) is 3.43. The lowest BCUT2D eigenvalue weighted by Crippen LogP contribution is -2.18. The first-order valence-electron chi connectivity index (χ1n) is 13.0. The normalized spacial score (nSPS) is 11.0. The number of hydrazone groups is 1. The Morgan fingerprint density at radius 3 is 2.58 bits per heavy atom. The summed E-state index contributed by atoms with van der Waals surface area (Å²) in [5.74, 6) is 0.323. The summed E-state index contributed by atoms with van der Waals surface area (Å²) >= 11 is 1.44. The number of anilines is 1. The average molecular weight is 596 g/mol. The van der Waals surface area contributed by atoms with Crippen LogP contribution < -0.4 is 15.5 Å². The molecule has 0 saturated heterocycles. The van der Waals surface area contributed by atoms with Crippen LogP contribution in [0.15, 0.2) is 99.7 Å². The van der Waals surface area contributed by atoms with Gasteiger partial charge in [0, 0.05) is 39.8 Å². The fraction of sp³-hybridized carbons (Fsp3) is 0.0968. The van der Waals surface area contributed by atoms with Crippen LogP contribution in [0.4, 0.5) is 11.4 Å². The molecule has 0 unspecified atom stereocenters. The maximum absolute atomic E-state index is 12.7. The van der Waals surface area contributed by atoms with Gasteiger partial charge in [-0.2, -0.15) is 5.10 Å². The van der Waals surface area contributed by atoms with Crippen LogP contribution in [0.5, 0.6) is 5.75 Å². The number of aromatic nitrogens is 1. The van der Waals surface area contributed by atoms with E-state index in [2.05, 4.69) is 20.8 Å². The molecule has 0 radical (unpaired) electrons. The maximum Gasteiger partial charge on any atom is 0.273 e. The van der Waals surface area contributed by atoms with Crippen molar-refractivity contribution in [2.45, 2.75) is 17.9 Å². The molecule has 5 rings (SSSR count). The SMILES string of the molecule is COc1ccc(C=NNC(=O)c2ccc(NC(=O)c3cccc([N+](=O)[O-])c3C)cc2)cc1CSc1nc2ccccc2o1. The predicted molar refractivity (Wildman–Crippen MR) is 164 cm³/mol. The van der Waals surface area contributed by atoms with Gasteiger partial charge >= 0.3 is 0 Å². The Bertz CT molecular complexity index is 1820. The molecule has 1 aromatic heterocycles. The minimum absolute atomic E-state index is 0.134. The van der Waals surface area contributed by atoms with Crippen LogP contribution in [0.1, 0.15) is 37.4 Å². The lowest BCUT2D eigenvalue weighted by molar-refractivity contribution is -0.385. The standard InChI is InChI=1S/C31H25N5O6S/c1-19-24(6-5-8-26(19)36(39)40)30(38)33-23-13-11-21(12-14-23)29(37)35-32-17-20-10-15-27(41-2)22(16-20)18-43-31-34-25-7-3-4-9-28(25)42-31/h3-17H,18H2,1-2H3,(H,33,38)(H,35,37). The highest BCUT2D eigenvalue weighted by molar-refractivity contribution is 7.98. The monoisotopic (exact) mass is 595 g/mol. The van der Waals surface area contributed by atoms with Crippen molar-refractivity contribution >= 4 is 52.3 Å². The van der Waals surface area contributed by atoms with E-state index in [1.807, 2.05) is 42.5 Å². The fourth-order valence-corrected chi connectivity index (χ4v) is 5.06. The molecule has 0 aliphatic heterocycles. The third-order valence-corrected chi connectivity index (χ3v) is 7.34. The first kappa shape index (κ1) is 29.0. The number of nitrogens with zero attached hydrogens (tertiary/aromatic N) is 3. The number of carbonyl (C=O) groups excluding carboxylic acids is 2. The molecule has 5 aromatic rings. The molecule has 2 amide bonds. The largest absolute Gasteiger partial charge is 0.496 e. The lowest BCUT2D eigenvalue weighted by Gasteiger charge is -2.09. The predicted octanol–water partition coefficient (Wildman–Crippen LogP) is 6.36. The van der Waals surface area contributed by atoms with E-state index in [0.717, 1.165) is 22.2 Å². The second-order valence-electron chi connectivity index (χ2n) is 9.24. The minimum Gasteiger partial charge on any atom is -0.496 e. The molecular weight excluding hydrogens is 570 g/mol. The second kappa shape index (κ2) is 13.0. The van der Waals surface area contributed by atoms with E-state index in [1.54, 1.807) is 19.2 Å². The Morgan fingerprint density at radius 1 is 1.05 bits per heavy atom. The molecule has 2 N–H and O–H groups in total. The van der Waals surface area contributed by atoms with Crippen LogP contribution in [0, 0.1) is 17.0 Å². The topological polar surface area (TPSA) is 149 Å². The van der Waals surface area contributed by atoms with Gasteiger partial charge in [-0.1, -0.05) is 30.0 Å². The number of ether oxygens (including phenoxy) is 1. The van der Waals surface area contributed by atoms with Crippen molar-refractivity contribution in [1.29, 1.82) is 0 Å². The van der Waals surface area contributed by atoms with Crippen molar-refractivity contribution in [3.05, 3.63) is 123 Å². The highest BCUT2D eigenvalue weighted by atomic mass is 32.2. The van der Waals surface area contributed by atoms with Crippen LogP contribution in [0.3, 0.4) is 0 Å². The van der Waals surface area contributed by atoms with E-state index in [9.17, 15) is 19.7 Å². The molecule has 0 bridgehead atoms. The molecule has 43 heavy (non-hydrogen) atoms. The van der Waals surface area contributed by atoms with E-state index in [-0.39, 0.29) is 16.8 Å². The summed E-state index contributed by atoms with van der Waals surface area (Å²) in [4.78, 5) is 40.4. The Kier molecular flexibility index (Phi) is 8.77. The Labute approximate surface area is 250 Å². The van der Waals surface area contributed by atoms with E-state index >= 15 is 0 Å². The van der Waals surface area contributed by atoms with Crippen LogP contribution in [0.25, 0.3) is 11.1 Å². The van der Waals surface area contributed by atoms with Gasteiger partial charge in [-0.15, -0.1) is 0 Å². The summed E-state index contributed by atoms with van der Waals surface area (Å²) in [5, 5.41) is 18.5. The molecule has 216 valence electrons. The van der Waals surface area contributed by atoms with E-state index < -0.39 is 16.7 Å². The fourth-order valence-electron chi connectivity index (χ4n) is 4.24. The number of fused-ring (bicyclic) bond motifs is 1. The van der Waals surface area contributed by atoms with E-state index in [1.165, 1.54) is 55.2 Å². The molecule has 0 atom stereocenters. The number of para-hydroxylation sites is 2. The van der Waals surface area contributed by atoms with Gasteiger partial charge in [-0.25, -0.2) is 10.4 Å². The molecule has 0 fully saturated rings. The summed E-state index contributed by atoms with van der Waals surface area (Å²) in [5.41, 5.74) is 6.76. The molecule has 0 saturated carbocycles. The first-order valence-corrected chi connectivity index (χ1v) is 13.9.